The molecule has 1 aliphatic rings. The Morgan fingerprint density at radius 2 is 0.621 bits per heavy atom. The normalized spacial score (nSPS) is 16.3. The van der Waals surface area contributed by atoms with Crippen molar-refractivity contribution < 1.29 is 71.4 Å². The minimum Gasteiger partial charge on any atom is -0.497 e. The van der Waals surface area contributed by atoms with Crippen LogP contribution >= 0.6 is 0 Å². The summed E-state index contributed by atoms with van der Waals surface area (Å²) in [6.07, 6.45) is 25.2. The maximum atomic E-state index is 10.5. The van der Waals surface area contributed by atoms with Crippen molar-refractivity contribution in [3.05, 3.63) is 284 Å². The van der Waals surface area contributed by atoms with E-state index >= 15 is 0 Å². The highest BCUT2D eigenvalue weighted by atomic mass is 16.7. The van der Waals surface area contributed by atoms with Crippen LogP contribution in [0.3, 0.4) is 0 Å². The molecule has 21 nitrogen and oxygen atoms in total. The van der Waals surface area contributed by atoms with E-state index in [0.29, 0.717) is 32.8 Å². The van der Waals surface area contributed by atoms with Crippen LogP contribution in [-0.2, 0) is 100 Å². The van der Waals surface area contributed by atoms with E-state index < -0.39 is 61.1 Å². The predicted molar refractivity (Wildman–Crippen MR) is 493 cm³/mol. The molecule has 1 aliphatic heterocycles. The SMILES string of the molecule is C.CCCCCCCCCCCCCC[C@@H](OCc1ccc(OC)cc1)C(OCc1ccc(OC)cc1)[C@H](COC1OC(COCc2ccccc2)C(OCc2ccccc2)C(OCc2ccccc2)C1OCc1ccccc1)N=[N+]=[N-].CCCCCCCCCCCCCC[C@@H](OCc1ccc(OC)cc1)[C@@H](OCc1ccc(OC)cc1)[C@H](CO)N=[N+]=[N-]. The molecular formula is C103H144N6O15. The van der Waals surface area contributed by atoms with E-state index in [0.717, 1.165) is 106 Å². The minimum atomic E-state index is -1.05. The summed E-state index contributed by atoms with van der Waals surface area (Å²) >= 11 is 0. The Hall–Kier alpha value is -8.86. The summed E-state index contributed by atoms with van der Waals surface area (Å²) in [5.74, 6) is 3.06. The van der Waals surface area contributed by atoms with Crippen molar-refractivity contribution in [3.63, 3.8) is 0 Å². The molecule has 1 N–H and O–H groups in total. The lowest BCUT2D eigenvalue weighted by Crippen LogP contribution is -2.62. The van der Waals surface area contributed by atoms with Crippen molar-refractivity contribution in [1.82, 2.24) is 0 Å². The summed E-state index contributed by atoms with van der Waals surface area (Å²) in [6, 6.07) is 69.6. The average molecular weight is 1710 g/mol. The third-order valence-corrected chi connectivity index (χ3v) is 22.5. The quantitative estimate of drug-likeness (QED) is 0.0161. The van der Waals surface area contributed by atoms with Crippen LogP contribution in [0.15, 0.2) is 229 Å². The molecule has 0 aliphatic carbocycles. The van der Waals surface area contributed by atoms with Crippen LogP contribution in [0, 0.1) is 0 Å². The summed E-state index contributed by atoms with van der Waals surface area (Å²) in [7, 11) is 6.58. The molecule has 0 spiro atoms. The molecule has 11 atom stereocenters. The number of hydrogen-bond donors (Lipinski definition) is 1. The Labute approximate surface area is 741 Å². The fraction of sp³-hybridized carbons (Fsp3) is 0.534. The zero-order valence-electron chi connectivity index (χ0n) is 74.1. The number of methoxy groups -OCH3 is 4. The van der Waals surface area contributed by atoms with Gasteiger partial charge in [-0.1, -0.05) is 355 Å². The van der Waals surface area contributed by atoms with Gasteiger partial charge < -0.3 is 71.4 Å². The number of azide groups is 2. The third kappa shape index (κ3) is 39.8. The Balaban J connectivity index is 0.000000414. The number of benzene rings is 8. The van der Waals surface area contributed by atoms with Crippen LogP contribution in [-0.4, -0.2) is 121 Å². The summed E-state index contributed by atoms with van der Waals surface area (Å²) in [5.41, 5.74) is 27.5. The summed E-state index contributed by atoms with van der Waals surface area (Å²) < 4.78 is 89.8. The maximum absolute atomic E-state index is 10.5. The molecule has 676 valence electrons. The van der Waals surface area contributed by atoms with Crippen LogP contribution in [0.1, 0.15) is 233 Å². The molecule has 1 fully saturated rings. The number of nitrogens with zero attached hydrogens (tertiary/aromatic N) is 6. The van der Waals surface area contributed by atoms with Crippen molar-refractivity contribution in [3.8, 4) is 23.0 Å². The molecule has 6 unspecified atom stereocenters. The second-order valence-corrected chi connectivity index (χ2v) is 31.9. The number of rotatable bonds is 65. The third-order valence-electron chi connectivity index (χ3n) is 22.5. The van der Waals surface area contributed by atoms with Crippen molar-refractivity contribution in [1.29, 1.82) is 0 Å². The molecule has 9 rings (SSSR count). The van der Waals surface area contributed by atoms with Crippen molar-refractivity contribution in [2.24, 2.45) is 10.2 Å². The number of aliphatic hydroxyl groups is 1. The molecule has 0 radical (unpaired) electrons. The predicted octanol–water partition coefficient (Wildman–Crippen LogP) is 25.2. The highest BCUT2D eigenvalue weighted by molar-refractivity contribution is 5.30. The lowest BCUT2D eigenvalue weighted by molar-refractivity contribution is -0.329. The van der Waals surface area contributed by atoms with Crippen LogP contribution in [0.2, 0.25) is 0 Å². The van der Waals surface area contributed by atoms with Crippen molar-refractivity contribution >= 4 is 0 Å². The summed E-state index contributed by atoms with van der Waals surface area (Å²) in [6.45, 7) is 6.58. The van der Waals surface area contributed by atoms with Gasteiger partial charge in [0.1, 0.15) is 47.4 Å². The van der Waals surface area contributed by atoms with E-state index in [1.807, 2.05) is 218 Å². The Kier molecular flexibility index (Phi) is 52.7. The van der Waals surface area contributed by atoms with E-state index in [2.05, 4.69) is 33.9 Å². The van der Waals surface area contributed by atoms with Crippen LogP contribution < -0.4 is 18.9 Å². The maximum Gasteiger partial charge on any atom is 0.186 e. The van der Waals surface area contributed by atoms with Gasteiger partial charge in [-0.05, 0) is 117 Å². The number of aliphatic hydroxyl groups excluding tert-OH is 1. The van der Waals surface area contributed by atoms with Crippen molar-refractivity contribution in [2.45, 2.75) is 308 Å². The van der Waals surface area contributed by atoms with Gasteiger partial charge >= 0.3 is 0 Å². The first kappa shape index (κ1) is 102. The van der Waals surface area contributed by atoms with Gasteiger partial charge in [-0.15, -0.1) is 0 Å². The lowest BCUT2D eigenvalue weighted by atomic mass is 9.97. The van der Waals surface area contributed by atoms with Gasteiger partial charge in [0, 0.05) is 9.82 Å². The molecule has 0 aromatic heterocycles. The van der Waals surface area contributed by atoms with E-state index in [4.69, 9.17) is 66.3 Å². The van der Waals surface area contributed by atoms with Crippen LogP contribution in [0.25, 0.3) is 20.9 Å². The largest absolute Gasteiger partial charge is 0.497 e. The van der Waals surface area contributed by atoms with Gasteiger partial charge in [-0.3, -0.25) is 0 Å². The lowest BCUT2D eigenvalue weighted by Gasteiger charge is -2.46. The average Bonchev–Trinajstić information content (AvgIpc) is 0.783. The van der Waals surface area contributed by atoms with Gasteiger partial charge in [0.25, 0.3) is 0 Å². The monoisotopic (exact) mass is 1710 g/mol. The Morgan fingerprint density at radius 1 is 0.331 bits per heavy atom. The highest BCUT2D eigenvalue weighted by Crippen LogP contribution is 2.34. The number of unbranched alkanes of at least 4 members (excludes halogenated alkanes) is 22. The van der Waals surface area contributed by atoms with Crippen molar-refractivity contribution in [2.75, 3.05) is 48.3 Å². The van der Waals surface area contributed by atoms with Gasteiger partial charge in [-0.2, -0.15) is 0 Å². The first-order valence-electron chi connectivity index (χ1n) is 45.2. The fourth-order valence-electron chi connectivity index (χ4n) is 15.3. The van der Waals surface area contributed by atoms with E-state index in [-0.39, 0.29) is 59.8 Å². The van der Waals surface area contributed by atoms with Gasteiger partial charge in [-0.25, -0.2) is 0 Å². The molecule has 1 saturated heterocycles. The fourth-order valence-corrected chi connectivity index (χ4v) is 15.3. The van der Waals surface area contributed by atoms with Gasteiger partial charge in [0.2, 0.25) is 0 Å². The smallest absolute Gasteiger partial charge is 0.186 e. The summed E-state index contributed by atoms with van der Waals surface area (Å²) in [5, 5.41) is 18.5. The molecule has 1 heterocycles. The zero-order chi connectivity index (χ0) is 86.6. The number of hydrogen-bond acceptors (Lipinski definition) is 17. The van der Waals surface area contributed by atoms with E-state index in [1.54, 1.807) is 28.4 Å². The molecule has 8 aromatic rings. The van der Waals surface area contributed by atoms with E-state index in [9.17, 15) is 16.2 Å². The minimum absolute atomic E-state index is 0. The Morgan fingerprint density at radius 3 is 0.952 bits per heavy atom. The second kappa shape index (κ2) is 64.0. The summed E-state index contributed by atoms with van der Waals surface area (Å²) in [4.78, 5) is 6.44. The molecule has 0 saturated carbocycles. The van der Waals surface area contributed by atoms with Crippen LogP contribution in [0.5, 0.6) is 23.0 Å². The van der Waals surface area contributed by atoms with E-state index in [1.165, 1.54) is 122 Å². The molecule has 0 bridgehead atoms. The van der Waals surface area contributed by atoms with Gasteiger partial charge in [0.15, 0.2) is 6.29 Å². The van der Waals surface area contributed by atoms with Crippen LogP contribution in [0.4, 0.5) is 0 Å². The highest BCUT2D eigenvalue weighted by Gasteiger charge is 2.50. The standard InChI is InChI=1S/C68H87N3O10.C34H53N3O5.CH4/c1-4-5-6-7-8-9-10-11-12-13-14-27-36-62(75-46-57-37-41-59(72-2)42-38-57)64(76-50-58-39-43-60(73-3)44-40-58)61(70-71-69)51-80-68-67(79-49-56-34-25-18-26-35-56)66(78-48-55-32-23-17-24-33-55)65(77-47-54-30-21-16-22-31-54)63(81-68)52-74-45-53-28-19-15-20-29-53;1-4-5-6-7-8-9-10-11-12-13-14-15-16-33(41-26-28-17-21-30(39-2)22-18-28)34(32(25-38)36-37-35)42-27-29-19-23-31(40-3)24-20-29;/h15-26,28-35,37-44,61-68H,4-14,27,36,45-52H2,1-3H3;17-24,32-34,38H,4-16,25-27H2,1-3H3;1H4/t61-,62+,63?,64?,65?,66?,67?,68?;32-,33+,34-;/m00./s1. The molecule has 21 heteroatoms. The number of ether oxygens (including phenoxy) is 14. The molecular weight excluding hydrogens is 1560 g/mol. The topological polar surface area (TPSA) is 247 Å². The molecule has 8 aromatic carbocycles. The molecule has 124 heavy (non-hydrogen) atoms. The van der Waals surface area contributed by atoms with Gasteiger partial charge in [0.05, 0.1) is 138 Å². The second-order valence-electron chi connectivity index (χ2n) is 31.9. The molecule has 0 amide bonds. The first-order valence-corrected chi connectivity index (χ1v) is 45.2. The first-order chi connectivity index (χ1) is 60.7. The zero-order valence-corrected chi connectivity index (χ0v) is 74.1. The Bertz CT molecular complexity index is 4040.